The molecule has 1 heterocycles. The van der Waals surface area contributed by atoms with E-state index in [0.29, 0.717) is 41.3 Å². The fourth-order valence-corrected chi connectivity index (χ4v) is 2.94. The molecule has 1 aliphatic rings. The first kappa shape index (κ1) is 19.6. The summed E-state index contributed by atoms with van der Waals surface area (Å²) in [4.78, 5) is 26.4. The molecule has 138 valence electrons. The zero-order valence-electron chi connectivity index (χ0n) is 14.5. The second-order valence-corrected chi connectivity index (χ2v) is 5.93. The van der Waals surface area contributed by atoms with Crippen molar-refractivity contribution in [3.8, 4) is 5.75 Å². The van der Waals surface area contributed by atoms with Gasteiger partial charge in [-0.25, -0.2) is 0 Å². The molecule has 0 aliphatic carbocycles. The van der Waals surface area contributed by atoms with Crippen LogP contribution in [0.2, 0.25) is 0 Å². The van der Waals surface area contributed by atoms with Crippen LogP contribution in [-0.4, -0.2) is 25.5 Å². The fourth-order valence-electron chi connectivity index (χ4n) is 2.94. The Bertz CT molecular complexity index is 810. The molecule has 0 spiro atoms. The Morgan fingerprint density at radius 2 is 1.96 bits per heavy atom. The average molecular weight is 376 g/mol. The third-order valence-corrected chi connectivity index (χ3v) is 4.26. The van der Waals surface area contributed by atoms with Gasteiger partial charge in [-0.1, -0.05) is 12.1 Å². The summed E-state index contributed by atoms with van der Waals surface area (Å²) in [5.74, 6) is 0.381. The third-order valence-electron chi connectivity index (χ3n) is 4.26. The molecule has 1 aliphatic heterocycles. The Hall–Kier alpha value is -2.73. The monoisotopic (exact) mass is 375 g/mol. The minimum atomic E-state index is -0.292. The van der Waals surface area contributed by atoms with Gasteiger partial charge in [0.05, 0.1) is 18.4 Å². The number of hydrogen-bond donors (Lipinski definition) is 2. The lowest BCUT2D eigenvalue weighted by atomic mass is 10.1. The largest absolute Gasteiger partial charge is 0.495 e. The number of ether oxygens (including phenoxy) is 1. The number of methoxy groups -OCH3 is 1. The molecule has 1 saturated heterocycles. The highest BCUT2D eigenvalue weighted by Crippen LogP contribution is 2.33. The highest BCUT2D eigenvalue weighted by molar-refractivity contribution is 6.08. The van der Waals surface area contributed by atoms with E-state index < -0.39 is 0 Å². The van der Waals surface area contributed by atoms with E-state index in [-0.39, 0.29) is 24.2 Å². The number of piperidine rings is 1. The third kappa shape index (κ3) is 4.08. The summed E-state index contributed by atoms with van der Waals surface area (Å²) in [6, 6.07) is 12.1. The lowest BCUT2D eigenvalue weighted by molar-refractivity contribution is -0.119. The van der Waals surface area contributed by atoms with Crippen LogP contribution in [0, 0.1) is 0 Å². The van der Waals surface area contributed by atoms with Crippen LogP contribution in [0.3, 0.4) is 0 Å². The number of para-hydroxylation sites is 1. The molecule has 0 atom stereocenters. The Kier molecular flexibility index (Phi) is 6.46. The van der Waals surface area contributed by atoms with Crippen LogP contribution in [0.25, 0.3) is 0 Å². The van der Waals surface area contributed by atoms with Gasteiger partial charge in [0.2, 0.25) is 5.91 Å². The molecule has 2 aromatic carbocycles. The predicted octanol–water partition coefficient (Wildman–Crippen LogP) is 3.47. The first-order chi connectivity index (χ1) is 12.1. The van der Waals surface area contributed by atoms with E-state index in [2.05, 4.69) is 5.32 Å². The molecule has 2 amide bonds. The highest BCUT2D eigenvalue weighted by atomic mass is 35.5. The fraction of sp³-hybridized carbons (Fsp3) is 0.263. The van der Waals surface area contributed by atoms with Crippen molar-refractivity contribution in [2.45, 2.75) is 19.3 Å². The molecule has 7 heteroatoms. The normalized spacial score (nSPS) is 13.7. The summed E-state index contributed by atoms with van der Waals surface area (Å²) in [5.41, 5.74) is 7.94. The molecule has 3 rings (SSSR count). The van der Waals surface area contributed by atoms with Crippen LogP contribution in [0.5, 0.6) is 5.75 Å². The summed E-state index contributed by atoms with van der Waals surface area (Å²) in [6.45, 7) is 0.651. The summed E-state index contributed by atoms with van der Waals surface area (Å²) in [7, 11) is 1.57. The van der Waals surface area contributed by atoms with E-state index >= 15 is 0 Å². The predicted molar refractivity (Wildman–Crippen MR) is 105 cm³/mol. The van der Waals surface area contributed by atoms with Crippen molar-refractivity contribution in [2.75, 3.05) is 29.6 Å². The van der Waals surface area contributed by atoms with Crippen molar-refractivity contribution in [3.63, 3.8) is 0 Å². The van der Waals surface area contributed by atoms with Crippen LogP contribution >= 0.6 is 12.4 Å². The number of benzene rings is 2. The van der Waals surface area contributed by atoms with Crippen molar-refractivity contribution in [2.24, 2.45) is 0 Å². The van der Waals surface area contributed by atoms with Crippen LogP contribution < -0.4 is 20.7 Å². The quantitative estimate of drug-likeness (QED) is 0.801. The highest BCUT2D eigenvalue weighted by Gasteiger charge is 2.23. The maximum absolute atomic E-state index is 12.4. The topological polar surface area (TPSA) is 84.7 Å². The average Bonchev–Trinajstić information content (AvgIpc) is 2.62. The van der Waals surface area contributed by atoms with Crippen molar-refractivity contribution in [3.05, 3.63) is 48.0 Å². The van der Waals surface area contributed by atoms with E-state index in [9.17, 15) is 9.59 Å². The zero-order valence-corrected chi connectivity index (χ0v) is 15.3. The molecular formula is C19H22ClN3O3. The summed E-state index contributed by atoms with van der Waals surface area (Å²) in [6.07, 6.45) is 2.38. The van der Waals surface area contributed by atoms with E-state index in [0.717, 1.165) is 12.8 Å². The molecule has 0 aromatic heterocycles. The van der Waals surface area contributed by atoms with Gasteiger partial charge in [-0.15, -0.1) is 12.4 Å². The smallest absolute Gasteiger partial charge is 0.257 e. The number of halogens is 1. The van der Waals surface area contributed by atoms with Gasteiger partial charge < -0.3 is 20.7 Å². The number of nitrogens with one attached hydrogen (secondary N) is 1. The summed E-state index contributed by atoms with van der Waals surface area (Å²) in [5, 5.41) is 2.83. The maximum Gasteiger partial charge on any atom is 0.257 e. The van der Waals surface area contributed by atoms with Crippen molar-refractivity contribution >= 4 is 41.3 Å². The number of hydrogen-bond acceptors (Lipinski definition) is 4. The first-order valence-corrected chi connectivity index (χ1v) is 8.24. The van der Waals surface area contributed by atoms with Crippen molar-refractivity contribution in [1.29, 1.82) is 0 Å². The van der Waals surface area contributed by atoms with Gasteiger partial charge >= 0.3 is 0 Å². The molecule has 0 saturated carbocycles. The van der Waals surface area contributed by atoms with Crippen LogP contribution in [0.4, 0.5) is 17.1 Å². The number of rotatable bonds is 4. The van der Waals surface area contributed by atoms with Gasteiger partial charge in [0.15, 0.2) is 0 Å². The molecule has 2 aromatic rings. The van der Waals surface area contributed by atoms with Crippen LogP contribution in [0.1, 0.15) is 29.6 Å². The zero-order chi connectivity index (χ0) is 17.8. The molecule has 26 heavy (non-hydrogen) atoms. The van der Waals surface area contributed by atoms with E-state index in [1.807, 2.05) is 0 Å². The van der Waals surface area contributed by atoms with Crippen molar-refractivity contribution in [1.82, 2.24) is 0 Å². The number of carbonyl (C=O) groups is 2. The minimum Gasteiger partial charge on any atom is -0.495 e. The molecule has 1 fully saturated rings. The molecule has 0 unspecified atom stereocenters. The van der Waals surface area contributed by atoms with E-state index in [1.165, 1.54) is 0 Å². The second-order valence-electron chi connectivity index (χ2n) is 5.93. The van der Waals surface area contributed by atoms with Gasteiger partial charge in [-0.3, -0.25) is 9.59 Å². The van der Waals surface area contributed by atoms with Gasteiger partial charge in [-0.2, -0.15) is 0 Å². The molecular weight excluding hydrogens is 354 g/mol. The number of nitrogens with zero attached hydrogens (tertiary/aromatic N) is 1. The van der Waals surface area contributed by atoms with Gasteiger partial charge in [0.1, 0.15) is 5.75 Å². The molecule has 6 nitrogen and oxygen atoms in total. The molecule has 0 bridgehead atoms. The number of amides is 2. The number of carbonyl (C=O) groups excluding carboxylic acids is 2. The summed E-state index contributed by atoms with van der Waals surface area (Å²) >= 11 is 0. The Morgan fingerprint density at radius 3 is 2.65 bits per heavy atom. The van der Waals surface area contributed by atoms with E-state index in [4.69, 9.17) is 10.5 Å². The second kappa shape index (κ2) is 8.58. The van der Waals surface area contributed by atoms with Gasteiger partial charge in [0, 0.05) is 24.3 Å². The lowest BCUT2D eigenvalue weighted by Gasteiger charge is -2.28. The Morgan fingerprint density at radius 1 is 1.19 bits per heavy atom. The number of nitrogens with two attached hydrogens (primary N) is 1. The first-order valence-electron chi connectivity index (χ1n) is 8.24. The Balaban J connectivity index is 0.00000243. The Labute approximate surface area is 158 Å². The van der Waals surface area contributed by atoms with Gasteiger partial charge in [-0.05, 0) is 43.2 Å². The van der Waals surface area contributed by atoms with Gasteiger partial charge in [0.25, 0.3) is 5.91 Å². The molecule has 0 radical (unpaired) electrons. The lowest BCUT2D eigenvalue weighted by Crippen LogP contribution is -2.35. The van der Waals surface area contributed by atoms with Crippen molar-refractivity contribution < 1.29 is 14.3 Å². The number of anilines is 3. The minimum absolute atomic E-state index is 0. The maximum atomic E-state index is 12.4. The summed E-state index contributed by atoms with van der Waals surface area (Å²) < 4.78 is 5.38. The number of nitrogen functional groups attached to an aromatic ring is 1. The SMILES string of the molecule is COc1ccc(NC(=O)c2ccccc2N)cc1N1CCCCC1=O.Cl. The van der Waals surface area contributed by atoms with E-state index in [1.54, 1.807) is 54.5 Å². The van der Waals surface area contributed by atoms with Crippen LogP contribution in [0.15, 0.2) is 42.5 Å². The molecule has 3 N–H and O–H groups in total. The standard InChI is InChI=1S/C19H21N3O3.ClH/c1-25-17-10-9-13(12-16(17)22-11-5-4-8-18(22)23)21-19(24)14-6-2-3-7-15(14)20;/h2-3,6-7,9-10,12H,4-5,8,11,20H2,1H3,(H,21,24);1H. The van der Waals surface area contributed by atoms with Crippen LogP contribution in [-0.2, 0) is 4.79 Å².